The first-order valence-corrected chi connectivity index (χ1v) is 9.32. The van der Waals surface area contributed by atoms with Crippen molar-refractivity contribution in [1.82, 2.24) is 19.9 Å². The molecule has 0 aliphatic carbocycles. The molecule has 0 bridgehead atoms. The Balaban J connectivity index is 1.47. The number of furan rings is 1. The molecule has 3 heterocycles. The highest BCUT2D eigenvalue weighted by Gasteiger charge is 2.14. The molecule has 1 N–H and O–H groups in total. The lowest BCUT2D eigenvalue weighted by Gasteiger charge is -2.11. The fourth-order valence-electron chi connectivity index (χ4n) is 2.83. The van der Waals surface area contributed by atoms with Crippen molar-refractivity contribution in [2.45, 2.75) is 13.8 Å². The first kappa shape index (κ1) is 18.6. The number of hydrogen-bond acceptors (Lipinski definition) is 7. The molecule has 7 nitrogen and oxygen atoms in total. The zero-order valence-electron chi connectivity index (χ0n) is 16.3. The summed E-state index contributed by atoms with van der Waals surface area (Å²) in [4.78, 5) is 17.5. The molecule has 0 amide bonds. The predicted octanol–water partition coefficient (Wildman–Crippen LogP) is 4.30. The third-order valence-electron chi connectivity index (χ3n) is 4.51. The summed E-state index contributed by atoms with van der Waals surface area (Å²) in [6.45, 7) is 5.21. The predicted molar refractivity (Wildman–Crippen MR) is 111 cm³/mol. The molecule has 29 heavy (non-hydrogen) atoms. The van der Waals surface area contributed by atoms with Crippen LogP contribution >= 0.6 is 0 Å². The Morgan fingerprint density at radius 1 is 1.03 bits per heavy atom. The van der Waals surface area contributed by atoms with Crippen LogP contribution in [0.15, 0.2) is 65.8 Å². The Bertz CT molecular complexity index is 1080. The van der Waals surface area contributed by atoms with Crippen molar-refractivity contribution in [3.05, 3.63) is 72.5 Å². The third kappa shape index (κ3) is 4.40. The van der Waals surface area contributed by atoms with E-state index >= 15 is 0 Å². The molecule has 4 rings (SSSR count). The summed E-state index contributed by atoms with van der Waals surface area (Å²) in [6, 6.07) is 9.75. The van der Waals surface area contributed by atoms with Crippen molar-refractivity contribution < 1.29 is 9.15 Å². The molecular formula is C22H21N5O2. The van der Waals surface area contributed by atoms with Gasteiger partial charge < -0.3 is 14.5 Å². The van der Waals surface area contributed by atoms with Crippen LogP contribution in [0.25, 0.3) is 22.7 Å². The van der Waals surface area contributed by atoms with E-state index in [1.54, 1.807) is 31.1 Å². The molecule has 0 spiro atoms. The van der Waals surface area contributed by atoms with E-state index in [4.69, 9.17) is 9.15 Å². The summed E-state index contributed by atoms with van der Waals surface area (Å²) in [5.74, 6) is 1.99. The molecule has 0 fully saturated rings. The lowest BCUT2D eigenvalue weighted by molar-refractivity contribution is 0.332. The average molecular weight is 387 g/mol. The molecule has 146 valence electrons. The molecule has 0 saturated heterocycles. The lowest BCUT2D eigenvalue weighted by atomic mass is 10.1. The minimum absolute atomic E-state index is 0.493. The van der Waals surface area contributed by atoms with Gasteiger partial charge in [-0.15, -0.1) is 0 Å². The quantitative estimate of drug-likeness (QED) is 0.473. The Hall–Kier alpha value is -3.74. The van der Waals surface area contributed by atoms with Crippen LogP contribution in [0, 0.1) is 13.8 Å². The van der Waals surface area contributed by atoms with Gasteiger partial charge in [-0.05, 0) is 49.2 Å². The van der Waals surface area contributed by atoms with E-state index in [-0.39, 0.29) is 0 Å². The molecule has 1 aromatic carbocycles. The highest BCUT2D eigenvalue weighted by Crippen LogP contribution is 2.29. The number of aryl methyl sites for hydroxylation is 2. The number of rotatable bonds is 7. The van der Waals surface area contributed by atoms with Crippen LogP contribution in [-0.2, 0) is 0 Å². The number of ether oxygens (including phenoxy) is 1. The molecular weight excluding hydrogens is 366 g/mol. The number of hydrogen-bond donors (Lipinski definition) is 1. The number of benzene rings is 1. The standard InChI is InChI=1S/C22H21N5O2/c1-15-5-6-17(12-16(15)2)28-11-9-25-22-26-13-18(19-14-23-7-8-24-19)21(27-22)20-4-3-10-29-20/h3-8,10,12-14H,9,11H2,1-2H3,(H,25,26,27). The molecule has 0 radical (unpaired) electrons. The monoisotopic (exact) mass is 387 g/mol. The average Bonchev–Trinajstić information content (AvgIpc) is 3.29. The maximum atomic E-state index is 5.80. The second kappa shape index (κ2) is 8.52. The molecule has 0 atom stereocenters. The SMILES string of the molecule is Cc1ccc(OCCNc2ncc(-c3cnccn3)c(-c3ccco3)n2)cc1C. The van der Waals surface area contributed by atoms with Crippen molar-refractivity contribution in [3.63, 3.8) is 0 Å². The number of aromatic nitrogens is 4. The molecule has 4 aromatic rings. The van der Waals surface area contributed by atoms with Gasteiger partial charge in [0.05, 0.1) is 24.7 Å². The van der Waals surface area contributed by atoms with E-state index in [1.165, 1.54) is 11.1 Å². The first-order chi connectivity index (χ1) is 14.2. The van der Waals surface area contributed by atoms with Crippen molar-refractivity contribution in [1.29, 1.82) is 0 Å². The topological polar surface area (TPSA) is 86.0 Å². The number of nitrogens with one attached hydrogen (secondary N) is 1. The maximum Gasteiger partial charge on any atom is 0.223 e. The van der Waals surface area contributed by atoms with Gasteiger partial charge in [-0.25, -0.2) is 9.97 Å². The van der Waals surface area contributed by atoms with Crippen molar-refractivity contribution in [3.8, 4) is 28.5 Å². The van der Waals surface area contributed by atoms with Crippen molar-refractivity contribution in [2.24, 2.45) is 0 Å². The van der Waals surface area contributed by atoms with E-state index in [0.29, 0.717) is 36.2 Å². The van der Waals surface area contributed by atoms with Crippen LogP contribution in [0.5, 0.6) is 5.75 Å². The second-order valence-corrected chi connectivity index (χ2v) is 6.55. The minimum atomic E-state index is 0.493. The van der Waals surface area contributed by atoms with E-state index in [9.17, 15) is 0 Å². The van der Waals surface area contributed by atoms with Gasteiger partial charge in [0.1, 0.15) is 18.1 Å². The van der Waals surface area contributed by atoms with Gasteiger partial charge in [-0.1, -0.05) is 6.07 Å². The fourth-order valence-corrected chi connectivity index (χ4v) is 2.83. The maximum absolute atomic E-state index is 5.80. The van der Waals surface area contributed by atoms with Crippen LogP contribution in [0.4, 0.5) is 5.95 Å². The largest absolute Gasteiger partial charge is 0.492 e. The molecule has 0 unspecified atom stereocenters. The summed E-state index contributed by atoms with van der Waals surface area (Å²) < 4.78 is 11.4. The highest BCUT2D eigenvalue weighted by atomic mass is 16.5. The van der Waals surface area contributed by atoms with E-state index < -0.39 is 0 Å². The van der Waals surface area contributed by atoms with Gasteiger partial charge in [-0.2, -0.15) is 0 Å². The Morgan fingerprint density at radius 3 is 2.72 bits per heavy atom. The first-order valence-electron chi connectivity index (χ1n) is 9.32. The zero-order valence-corrected chi connectivity index (χ0v) is 16.3. The second-order valence-electron chi connectivity index (χ2n) is 6.55. The van der Waals surface area contributed by atoms with Crippen LogP contribution in [-0.4, -0.2) is 33.1 Å². The van der Waals surface area contributed by atoms with Gasteiger partial charge in [0.15, 0.2) is 5.76 Å². The normalized spacial score (nSPS) is 10.7. The Labute approximate surface area is 168 Å². The summed E-state index contributed by atoms with van der Waals surface area (Å²) >= 11 is 0. The van der Waals surface area contributed by atoms with Crippen LogP contribution in [0.3, 0.4) is 0 Å². The van der Waals surface area contributed by atoms with Gasteiger partial charge in [0.2, 0.25) is 5.95 Å². The summed E-state index contributed by atoms with van der Waals surface area (Å²) in [5.41, 5.74) is 4.55. The molecule has 0 aliphatic rings. The third-order valence-corrected chi connectivity index (χ3v) is 4.51. The molecule has 0 aliphatic heterocycles. The molecule has 0 saturated carbocycles. The molecule has 3 aromatic heterocycles. The highest BCUT2D eigenvalue weighted by molar-refractivity contribution is 5.76. The van der Waals surface area contributed by atoms with E-state index in [2.05, 4.69) is 45.2 Å². The summed E-state index contributed by atoms with van der Waals surface area (Å²) in [7, 11) is 0. The number of nitrogens with zero attached hydrogens (tertiary/aromatic N) is 4. The van der Waals surface area contributed by atoms with Gasteiger partial charge in [-0.3, -0.25) is 9.97 Å². The van der Waals surface area contributed by atoms with Crippen LogP contribution in [0.2, 0.25) is 0 Å². The van der Waals surface area contributed by atoms with Crippen molar-refractivity contribution in [2.75, 3.05) is 18.5 Å². The van der Waals surface area contributed by atoms with Gasteiger partial charge in [0, 0.05) is 24.2 Å². The molecule has 7 heteroatoms. The fraction of sp³-hybridized carbons (Fsp3) is 0.182. The van der Waals surface area contributed by atoms with Crippen molar-refractivity contribution >= 4 is 5.95 Å². The minimum Gasteiger partial charge on any atom is -0.492 e. The van der Waals surface area contributed by atoms with Gasteiger partial charge >= 0.3 is 0 Å². The zero-order chi connectivity index (χ0) is 20.1. The van der Waals surface area contributed by atoms with Crippen LogP contribution < -0.4 is 10.1 Å². The van der Waals surface area contributed by atoms with E-state index in [1.807, 2.05) is 24.3 Å². The number of anilines is 1. The Kier molecular flexibility index (Phi) is 5.47. The van der Waals surface area contributed by atoms with E-state index in [0.717, 1.165) is 11.3 Å². The Morgan fingerprint density at radius 2 is 1.97 bits per heavy atom. The van der Waals surface area contributed by atoms with Crippen LogP contribution in [0.1, 0.15) is 11.1 Å². The summed E-state index contributed by atoms with van der Waals surface area (Å²) in [6.07, 6.45) is 8.28. The van der Waals surface area contributed by atoms with Gasteiger partial charge in [0.25, 0.3) is 0 Å². The summed E-state index contributed by atoms with van der Waals surface area (Å²) in [5, 5.41) is 3.20. The smallest absolute Gasteiger partial charge is 0.223 e. The lowest BCUT2D eigenvalue weighted by Crippen LogP contribution is -2.13.